The molecule has 73 heavy (non-hydrogen) atoms. The molecule has 1 unspecified atom stereocenters. The molecule has 6 aromatic rings. The van der Waals surface area contributed by atoms with Crippen molar-refractivity contribution in [3.63, 3.8) is 0 Å². The Kier molecular flexibility index (Phi) is 17.3. The number of fused-ring (bicyclic) bond motifs is 1. The molecule has 3 amide bonds. The molecule has 4 heterocycles. The van der Waals surface area contributed by atoms with Gasteiger partial charge in [0.15, 0.2) is 5.76 Å². The van der Waals surface area contributed by atoms with Crippen molar-refractivity contribution in [1.29, 1.82) is 0 Å². The van der Waals surface area contributed by atoms with E-state index in [4.69, 9.17) is 23.5 Å². The Morgan fingerprint density at radius 3 is 2.30 bits per heavy atom. The molecule has 16 nitrogen and oxygen atoms in total. The minimum absolute atomic E-state index is 0.0205. The number of para-hydroxylation sites is 1. The fourth-order valence-electron chi connectivity index (χ4n) is 9.04. The highest BCUT2D eigenvalue weighted by Gasteiger charge is 2.43. The number of aryl methyl sites for hydroxylation is 1. The van der Waals surface area contributed by atoms with Crippen LogP contribution in [0.2, 0.25) is 0 Å². The average molecular weight is 1010 g/mol. The third-order valence-corrected chi connectivity index (χ3v) is 13.8. The Morgan fingerprint density at radius 2 is 1.62 bits per heavy atom. The van der Waals surface area contributed by atoms with Crippen LogP contribution in [0.3, 0.4) is 0 Å². The van der Waals surface area contributed by atoms with Gasteiger partial charge in [-0.15, -0.1) is 11.3 Å². The van der Waals surface area contributed by atoms with Gasteiger partial charge < -0.3 is 38.6 Å². The van der Waals surface area contributed by atoms with Gasteiger partial charge in [-0.25, -0.2) is 4.98 Å². The highest BCUT2D eigenvalue weighted by atomic mass is 32.1. The molecular weight excluding hydrogens is 949 g/mol. The number of nitro groups is 1. The van der Waals surface area contributed by atoms with Gasteiger partial charge in [0.1, 0.15) is 30.9 Å². The van der Waals surface area contributed by atoms with Crippen molar-refractivity contribution in [2.45, 2.75) is 65.6 Å². The maximum Gasteiger partial charge on any atom is 0.269 e. The molecule has 0 radical (unpaired) electrons. The number of hydrogen-bond acceptors (Lipinski definition) is 13. The van der Waals surface area contributed by atoms with Crippen molar-refractivity contribution in [3.8, 4) is 22.1 Å². The summed E-state index contributed by atoms with van der Waals surface area (Å²) >= 11 is 1.60. The first-order chi connectivity index (χ1) is 35.3. The molecule has 1 fully saturated rings. The van der Waals surface area contributed by atoms with Gasteiger partial charge in [-0.2, -0.15) is 0 Å². The number of non-ortho nitro benzene ring substituents is 1. The lowest BCUT2D eigenvalue weighted by molar-refractivity contribution is -0.384. The Balaban J connectivity index is 0.721. The van der Waals surface area contributed by atoms with Gasteiger partial charge in [0.2, 0.25) is 11.8 Å². The van der Waals surface area contributed by atoms with Gasteiger partial charge >= 0.3 is 0 Å². The van der Waals surface area contributed by atoms with E-state index in [-0.39, 0.29) is 60.4 Å². The number of amides is 3. The van der Waals surface area contributed by atoms with E-state index in [9.17, 15) is 24.5 Å². The van der Waals surface area contributed by atoms with E-state index in [0.29, 0.717) is 63.0 Å². The number of likely N-dealkylation sites (tertiary alicyclic amines) is 1. The second-order valence-corrected chi connectivity index (χ2v) is 19.4. The molecule has 0 aliphatic carbocycles. The van der Waals surface area contributed by atoms with Gasteiger partial charge in [0.25, 0.3) is 17.5 Å². The van der Waals surface area contributed by atoms with Crippen molar-refractivity contribution < 1.29 is 42.8 Å². The number of ether oxygens (including phenoxy) is 4. The number of carbonyl (C=O) groups is 3. The summed E-state index contributed by atoms with van der Waals surface area (Å²) in [5, 5.41) is 18.2. The minimum Gasteiger partial charge on any atom is -0.491 e. The van der Waals surface area contributed by atoms with E-state index in [1.54, 1.807) is 57.6 Å². The minimum atomic E-state index is -0.652. The number of benzene rings is 4. The molecule has 17 heteroatoms. The monoisotopic (exact) mass is 1010 g/mol. The number of carbonyl (C=O) groups excluding carboxylic acids is 3. The number of aromatic nitrogens is 2. The van der Waals surface area contributed by atoms with Crippen LogP contribution in [0.4, 0.5) is 11.4 Å². The standard InChI is InChI=1S/C56H60N6O10S/c1-36(2)52(56(65)60-33-37(3)31-49(60)54(63)58-38(4)42-17-19-43(20-18-42)53-39(5)57-35-73-53)50-32-51(59-72-50)71-30-28-69-26-25-68-27-29-70-45-23-15-41(16-24-45)34-61-48-12-7-6-10-46(48)47(55(61)64)11-8-9-40-13-21-44(22-14-40)62(66)67/h6-24,32,35-38,49,52H,25-31,33-34H2,1-5H3,(H,58,63)/b9-8+,47-11+/t37-,38+,49+,52?/m1/s1. The number of thiazole rings is 1. The fraction of sp³-hybridized carbons (Fsp3) is 0.339. The van der Waals surface area contributed by atoms with Crippen molar-refractivity contribution in [1.82, 2.24) is 20.4 Å². The smallest absolute Gasteiger partial charge is 0.269 e. The SMILES string of the molecule is Cc1ncsc1-c1ccc([C@H](C)NC(=O)[C@@H]2C[C@@H](C)CN2C(=O)C(c2cc(OCCOCCOCCOc3ccc(CN4C(=O)/C(=C/C=C/c5ccc([N+](=O)[O-])cc5)c5ccccc54)cc3)no2)C(C)C)cc1. The van der Waals surface area contributed by atoms with Crippen molar-refractivity contribution in [3.05, 3.63) is 165 Å². The number of anilines is 1. The highest BCUT2D eigenvalue weighted by molar-refractivity contribution is 7.13. The summed E-state index contributed by atoms with van der Waals surface area (Å²) in [6, 6.07) is 30.4. The maximum atomic E-state index is 14.2. The van der Waals surface area contributed by atoms with E-state index < -0.39 is 16.9 Å². The summed E-state index contributed by atoms with van der Waals surface area (Å²) < 4.78 is 28.7. The molecular formula is C56H60N6O10S. The van der Waals surface area contributed by atoms with Crippen molar-refractivity contribution >= 4 is 52.1 Å². The molecule has 0 bridgehead atoms. The van der Waals surface area contributed by atoms with E-state index in [1.807, 2.05) is 93.9 Å². The zero-order valence-electron chi connectivity index (χ0n) is 41.6. The Morgan fingerprint density at radius 1 is 0.918 bits per heavy atom. The van der Waals surface area contributed by atoms with Gasteiger partial charge in [-0.1, -0.05) is 87.5 Å². The topological polar surface area (TPSA) is 189 Å². The molecule has 2 aliphatic heterocycles. The van der Waals surface area contributed by atoms with Gasteiger partial charge in [0.05, 0.1) is 65.7 Å². The molecule has 380 valence electrons. The lowest BCUT2D eigenvalue weighted by atomic mass is 9.91. The van der Waals surface area contributed by atoms with Gasteiger partial charge in [-0.05, 0) is 95.9 Å². The van der Waals surface area contributed by atoms with E-state index in [0.717, 1.165) is 44.1 Å². The number of nitrogens with zero attached hydrogens (tertiary/aromatic N) is 5. The first-order valence-corrected chi connectivity index (χ1v) is 25.3. The number of hydrogen-bond donors (Lipinski definition) is 1. The summed E-state index contributed by atoms with van der Waals surface area (Å²) in [4.78, 5) is 61.1. The van der Waals surface area contributed by atoms with Crippen LogP contribution in [0.1, 0.15) is 79.8 Å². The zero-order chi connectivity index (χ0) is 51.4. The van der Waals surface area contributed by atoms with Crippen LogP contribution in [-0.2, 0) is 30.4 Å². The van der Waals surface area contributed by atoms with Crippen LogP contribution in [0.5, 0.6) is 11.6 Å². The van der Waals surface area contributed by atoms with E-state index in [1.165, 1.54) is 12.1 Å². The zero-order valence-corrected chi connectivity index (χ0v) is 42.4. The van der Waals surface area contributed by atoms with E-state index >= 15 is 0 Å². The quantitative estimate of drug-likeness (QED) is 0.0277. The summed E-state index contributed by atoms with van der Waals surface area (Å²) in [5.41, 5.74) is 8.86. The molecule has 4 aromatic carbocycles. The Bertz CT molecular complexity index is 2910. The van der Waals surface area contributed by atoms with Crippen molar-refractivity contribution in [2.75, 3.05) is 51.1 Å². The van der Waals surface area contributed by atoms with Crippen LogP contribution < -0.4 is 19.7 Å². The summed E-state index contributed by atoms with van der Waals surface area (Å²) in [7, 11) is 0. The number of rotatable bonds is 23. The molecule has 1 N–H and O–H groups in total. The Labute approximate surface area is 428 Å². The van der Waals surface area contributed by atoms with Crippen LogP contribution in [0.15, 0.2) is 125 Å². The second-order valence-electron chi connectivity index (χ2n) is 18.5. The highest BCUT2D eigenvalue weighted by Crippen LogP contribution is 2.38. The molecule has 8 rings (SSSR count). The molecule has 0 spiro atoms. The largest absolute Gasteiger partial charge is 0.491 e. The molecule has 1 saturated heterocycles. The second kappa shape index (κ2) is 24.3. The van der Waals surface area contributed by atoms with Gasteiger partial charge in [0, 0.05) is 35.9 Å². The first kappa shape index (κ1) is 51.9. The third-order valence-electron chi connectivity index (χ3n) is 12.8. The van der Waals surface area contributed by atoms with Crippen LogP contribution in [0, 0.1) is 28.9 Å². The van der Waals surface area contributed by atoms with E-state index in [2.05, 4.69) is 34.5 Å². The average Bonchev–Trinajstić information content (AvgIpc) is 4.19. The molecule has 4 atom stereocenters. The van der Waals surface area contributed by atoms with Crippen molar-refractivity contribution in [2.24, 2.45) is 11.8 Å². The van der Waals surface area contributed by atoms with Crippen LogP contribution in [0.25, 0.3) is 22.1 Å². The predicted molar refractivity (Wildman–Crippen MR) is 279 cm³/mol. The third kappa shape index (κ3) is 13.0. The van der Waals surface area contributed by atoms with Gasteiger partial charge in [-0.3, -0.25) is 24.5 Å². The Hall–Kier alpha value is -7.47. The summed E-state index contributed by atoms with van der Waals surface area (Å²) in [6.07, 6.45) is 5.93. The first-order valence-electron chi connectivity index (χ1n) is 24.5. The lowest BCUT2D eigenvalue weighted by Gasteiger charge is -2.29. The number of allylic oxidation sites excluding steroid dienone is 2. The lowest BCUT2D eigenvalue weighted by Crippen LogP contribution is -2.48. The fourth-order valence-corrected chi connectivity index (χ4v) is 9.85. The normalized spacial score (nSPS) is 16.8. The van der Waals surface area contributed by atoms with Crippen LogP contribution >= 0.6 is 11.3 Å². The summed E-state index contributed by atoms with van der Waals surface area (Å²) in [5.74, 6) is 0.200. The predicted octanol–water partition coefficient (Wildman–Crippen LogP) is 10.0. The molecule has 0 saturated carbocycles. The number of nitrogens with one attached hydrogen (secondary N) is 1. The molecule has 2 aliphatic rings. The molecule has 2 aromatic heterocycles. The summed E-state index contributed by atoms with van der Waals surface area (Å²) in [6.45, 7) is 12.6. The van der Waals surface area contributed by atoms with Crippen LogP contribution in [-0.4, -0.2) is 89.9 Å². The maximum absolute atomic E-state index is 14.2. The number of nitro benzene ring substituents is 1.